The monoisotopic (exact) mass is 229 g/mol. The van der Waals surface area contributed by atoms with Gasteiger partial charge < -0.3 is 5.32 Å². The zero-order chi connectivity index (χ0) is 12.7. The van der Waals surface area contributed by atoms with E-state index in [0.29, 0.717) is 18.5 Å². The van der Waals surface area contributed by atoms with Crippen LogP contribution in [-0.4, -0.2) is 18.7 Å². The van der Waals surface area contributed by atoms with Crippen LogP contribution < -0.4 is 5.32 Å². The van der Waals surface area contributed by atoms with Gasteiger partial charge in [-0.3, -0.25) is 9.59 Å². The number of aryl methyl sites for hydroxylation is 1. The first-order valence-corrected chi connectivity index (χ1v) is 5.42. The molecule has 0 saturated carbocycles. The third-order valence-electron chi connectivity index (χ3n) is 2.24. The minimum atomic E-state index is -0.0501. The number of nitrogens with one attached hydrogen (secondary N) is 1. The molecule has 0 saturated heterocycles. The van der Waals surface area contributed by atoms with Crippen LogP contribution in [0.4, 0.5) is 0 Å². The summed E-state index contributed by atoms with van der Waals surface area (Å²) in [6.07, 6.45) is 1.41. The van der Waals surface area contributed by atoms with Crippen LogP contribution in [0.5, 0.6) is 0 Å². The first-order chi connectivity index (χ1) is 8.13. The number of carbonyl (C=O) groups excluding carboxylic acids is 2. The summed E-state index contributed by atoms with van der Waals surface area (Å²) >= 11 is 0. The Morgan fingerprint density at radius 3 is 2.88 bits per heavy atom. The lowest BCUT2D eigenvalue weighted by molar-refractivity contribution is -0.118. The van der Waals surface area contributed by atoms with Gasteiger partial charge in [-0.1, -0.05) is 24.0 Å². The summed E-state index contributed by atoms with van der Waals surface area (Å²) in [5.41, 5.74) is 2.53. The lowest BCUT2D eigenvalue weighted by Crippen LogP contribution is -2.20. The van der Waals surface area contributed by atoms with Gasteiger partial charge in [-0.2, -0.15) is 0 Å². The molecule has 1 rings (SSSR count). The zero-order valence-electron chi connectivity index (χ0n) is 10.0. The molecule has 0 aliphatic carbocycles. The van der Waals surface area contributed by atoms with Crippen molar-refractivity contribution in [2.75, 3.05) is 6.54 Å². The molecule has 17 heavy (non-hydrogen) atoms. The lowest BCUT2D eigenvalue weighted by atomic mass is 10.1. The van der Waals surface area contributed by atoms with Gasteiger partial charge in [0.15, 0.2) is 0 Å². The molecule has 0 heterocycles. The van der Waals surface area contributed by atoms with Crippen LogP contribution in [0.1, 0.15) is 34.8 Å². The fourth-order valence-electron chi connectivity index (χ4n) is 1.31. The van der Waals surface area contributed by atoms with E-state index in [9.17, 15) is 9.59 Å². The summed E-state index contributed by atoms with van der Waals surface area (Å²) < 4.78 is 0. The SMILES string of the molecule is CC(=O)NCCC#Cc1cc(C=O)ccc1C. The number of carbonyl (C=O) groups is 2. The zero-order valence-corrected chi connectivity index (χ0v) is 10.0. The van der Waals surface area contributed by atoms with E-state index in [4.69, 9.17) is 0 Å². The van der Waals surface area contributed by atoms with Crippen molar-refractivity contribution in [1.82, 2.24) is 5.32 Å². The van der Waals surface area contributed by atoms with E-state index in [2.05, 4.69) is 17.2 Å². The molecule has 0 atom stereocenters. The minimum Gasteiger partial charge on any atom is -0.355 e. The standard InChI is InChI=1S/C14H15NO2/c1-11-6-7-13(10-16)9-14(11)5-3-4-8-15-12(2)17/h6-7,9-10H,4,8H2,1-2H3,(H,15,17). The second-order valence-corrected chi connectivity index (χ2v) is 3.73. The molecule has 1 amide bonds. The van der Waals surface area contributed by atoms with Crippen LogP contribution in [0, 0.1) is 18.8 Å². The van der Waals surface area contributed by atoms with Crippen LogP contribution in [0.15, 0.2) is 18.2 Å². The second-order valence-electron chi connectivity index (χ2n) is 3.73. The number of benzene rings is 1. The van der Waals surface area contributed by atoms with Crippen molar-refractivity contribution in [3.05, 3.63) is 34.9 Å². The van der Waals surface area contributed by atoms with E-state index < -0.39 is 0 Å². The molecule has 1 N–H and O–H groups in total. The van der Waals surface area contributed by atoms with Crippen LogP contribution in [0.2, 0.25) is 0 Å². The molecule has 0 aromatic heterocycles. The smallest absolute Gasteiger partial charge is 0.216 e. The van der Waals surface area contributed by atoms with Gasteiger partial charge in [-0.25, -0.2) is 0 Å². The minimum absolute atomic E-state index is 0.0501. The quantitative estimate of drug-likeness (QED) is 0.487. The van der Waals surface area contributed by atoms with E-state index in [1.165, 1.54) is 6.92 Å². The lowest BCUT2D eigenvalue weighted by Gasteiger charge is -1.98. The average Bonchev–Trinajstić information content (AvgIpc) is 2.30. The van der Waals surface area contributed by atoms with Gasteiger partial charge in [0, 0.05) is 31.0 Å². The van der Waals surface area contributed by atoms with Crippen molar-refractivity contribution < 1.29 is 9.59 Å². The molecule has 1 aromatic carbocycles. The topological polar surface area (TPSA) is 46.2 Å². The predicted octanol–water partition coefficient (Wildman–Crippen LogP) is 1.69. The maximum atomic E-state index is 10.6. The molecule has 0 aliphatic heterocycles. The highest BCUT2D eigenvalue weighted by Gasteiger charge is 1.96. The fourth-order valence-corrected chi connectivity index (χ4v) is 1.31. The fraction of sp³-hybridized carbons (Fsp3) is 0.286. The number of hydrogen-bond donors (Lipinski definition) is 1. The van der Waals surface area contributed by atoms with Gasteiger partial charge in [0.05, 0.1) is 0 Å². The normalized spacial score (nSPS) is 9.06. The van der Waals surface area contributed by atoms with Crippen LogP contribution >= 0.6 is 0 Å². The second kappa shape index (κ2) is 6.49. The molecule has 0 aliphatic rings. The summed E-state index contributed by atoms with van der Waals surface area (Å²) in [7, 11) is 0. The number of aldehydes is 1. The van der Waals surface area contributed by atoms with Gasteiger partial charge in [-0.05, 0) is 18.6 Å². The Morgan fingerprint density at radius 1 is 1.47 bits per heavy atom. The van der Waals surface area contributed by atoms with Gasteiger partial charge in [0.2, 0.25) is 5.91 Å². The van der Waals surface area contributed by atoms with E-state index in [-0.39, 0.29) is 5.91 Å². The Hall–Kier alpha value is -2.08. The van der Waals surface area contributed by atoms with Crippen LogP contribution in [0.3, 0.4) is 0 Å². The predicted molar refractivity (Wildman–Crippen MR) is 66.7 cm³/mol. The molecule has 0 radical (unpaired) electrons. The Kier molecular flexibility index (Phi) is 4.96. The first-order valence-electron chi connectivity index (χ1n) is 5.42. The molecule has 0 spiro atoms. The third-order valence-corrected chi connectivity index (χ3v) is 2.24. The summed E-state index contributed by atoms with van der Waals surface area (Å²) in [5.74, 6) is 5.92. The van der Waals surface area contributed by atoms with Crippen molar-refractivity contribution >= 4 is 12.2 Å². The highest BCUT2D eigenvalue weighted by atomic mass is 16.1. The number of rotatable bonds is 3. The van der Waals surface area contributed by atoms with Crippen LogP contribution in [0.25, 0.3) is 0 Å². The number of amides is 1. The van der Waals surface area contributed by atoms with E-state index in [1.54, 1.807) is 12.1 Å². The van der Waals surface area contributed by atoms with Crippen LogP contribution in [-0.2, 0) is 4.79 Å². The summed E-state index contributed by atoms with van der Waals surface area (Å²) in [4.78, 5) is 21.2. The Labute approximate surface area is 101 Å². The van der Waals surface area contributed by atoms with E-state index in [1.807, 2.05) is 13.0 Å². The molecule has 0 fully saturated rings. The Bertz CT molecular complexity index is 481. The first kappa shape index (κ1) is 13.0. The molecule has 1 aromatic rings. The molecular formula is C14H15NO2. The van der Waals surface area contributed by atoms with Gasteiger partial charge in [0.1, 0.15) is 6.29 Å². The van der Waals surface area contributed by atoms with E-state index in [0.717, 1.165) is 17.4 Å². The van der Waals surface area contributed by atoms with Crippen molar-refractivity contribution in [1.29, 1.82) is 0 Å². The maximum absolute atomic E-state index is 10.6. The molecule has 0 unspecified atom stereocenters. The van der Waals surface area contributed by atoms with Crippen molar-refractivity contribution in [3.8, 4) is 11.8 Å². The highest BCUT2D eigenvalue weighted by molar-refractivity contribution is 5.76. The summed E-state index contributed by atoms with van der Waals surface area (Å²) in [5, 5.41) is 2.67. The Morgan fingerprint density at radius 2 is 2.24 bits per heavy atom. The summed E-state index contributed by atoms with van der Waals surface area (Å²) in [6.45, 7) is 3.98. The third kappa shape index (κ3) is 4.52. The Balaban J connectivity index is 2.64. The van der Waals surface area contributed by atoms with Gasteiger partial charge in [-0.15, -0.1) is 0 Å². The summed E-state index contributed by atoms with van der Waals surface area (Å²) in [6, 6.07) is 5.42. The van der Waals surface area contributed by atoms with Gasteiger partial charge >= 0.3 is 0 Å². The van der Waals surface area contributed by atoms with Crippen molar-refractivity contribution in [2.45, 2.75) is 20.3 Å². The van der Waals surface area contributed by atoms with Crippen molar-refractivity contribution in [3.63, 3.8) is 0 Å². The number of hydrogen-bond acceptors (Lipinski definition) is 2. The largest absolute Gasteiger partial charge is 0.355 e. The molecule has 3 heteroatoms. The molecular weight excluding hydrogens is 214 g/mol. The average molecular weight is 229 g/mol. The maximum Gasteiger partial charge on any atom is 0.216 e. The molecule has 88 valence electrons. The molecule has 3 nitrogen and oxygen atoms in total. The molecule has 0 bridgehead atoms. The highest BCUT2D eigenvalue weighted by Crippen LogP contribution is 2.08. The van der Waals surface area contributed by atoms with Gasteiger partial charge in [0.25, 0.3) is 0 Å². The van der Waals surface area contributed by atoms with E-state index >= 15 is 0 Å². The van der Waals surface area contributed by atoms with Crippen molar-refractivity contribution in [2.24, 2.45) is 0 Å².